The van der Waals surface area contributed by atoms with Gasteiger partial charge in [0.05, 0.1) is 23.9 Å². The molecule has 0 N–H and O–H groups in total. The van der Waals surface area contributed by atoms with Crippen LogP contribution in [0.1, 0.15) is 12.8 Å². The smallest absolute Gasteiger partial charge is 0.243 e. The summed E-state index contributed by atoms with van der Waals surface area (Å²) in [7, 11) is -5.68. The zero-order chi connectivity index (χ0) is 24.1. The first-order valence-electron chi connectivity index (χ1n) is 10.6. The van der Waals surface area contributed by atoms with Crippen LogP contribution in [0.2, 0.25) is 0 Å². The van der Waals surface area contributed by atoms with Gasteiger partial charge in [-0.3, -0.25) is 9.10 Å². The molecule has 0 unspecified atom stereocenters. The SMILES string of the molecule is COc1ccccc1N(CCCC(=O)N1CCN(S(=O)(=O)c2ccccc2)CC1)S(C)(=O)=O. The number of benzene rings is 2. The van der Waals surface area contributed by atoms with E-state index in [0.717, 1.165) is 6.26 Å². The van der Waals surface area contributed by atoms with Gasteiger partial charge in [-0.25, -0.2) is 16.8 Å². The second-order valence-corrected chi connectivity index (χ2v) is 11.6. The first-order chi connectivity index (χ1) is 15.6. The minimum absolute atomic E-state index is 0.125. The average Bonchev–Trinajstić information content (AvgIpc) is 2.81. The third kappa shape index (κ3) is 6.04. The second kappa shape index (κ2) is 10.5. The number of hydrogen-bond acceptors (Lipinski definition) is 6. The van der Waals surface area contributed by atoms with Gasteiger partial charge in [0.15, 0.2) is 0 Å². The molecule has 1 fully saturated rings. The Kier molecular flexibility index (Phi) is 7.98. The summed E-state index contributed by atoms with van der Waals surface area (Å²) in [5.74, 6) is 0.310. The molecule has 1 heterocycles. The van der Waals surface area contributed by atoms with Gasteiger partial charge in [-0.05, 0) is 30.7 Å². The van der Waals surface area contributed by atoms with Crippen molar-refractivity contribution in [3.8, 4) is 5.75 Å². The minimum Gasteiger partial charge on any atom is -0.495 e. The molecule has 0 atom stereocenters. The maximum absolute atomic E-state index is 12.7. The Morgan fingerprint density at radius 3 is 2.15 bits per heavy atom. The van der Waals surface area contributed by atoms with E-state index in [1.165, 1.54) is 15.7 Å². The standard InChI is InChI=1S/C22H29N3O6S2/c1-31-21-12-7-6-11-20(21)25(32(2,27)28)14-8-13-22(26)23-15-17-24(18-16-23)33(29,30)19-9-4-3-5-10-19/h3-7,9-12H,8,13-18H2,1-2H3. The third-order valence-corrected chi connectivity index (χ3v) is 8.57. The zero-order valence-corrected chi connectivity index (χ0v) is 20.4. The molecule has 0 aromatic heterocycles. The molecule has 1 amide bonds. The fourth-order valence-corrected chi connectivity index (χ4v) is 6.16. The van der Waals surface area contributed by atoms with E-state index in [4.69, 9.17) is 4.74 Å². The molecular weight excluding hydrogens is 466 g/mol. The summed E-state index contributed by atoms with van der Waals surface area (Å²) in [5.41, 5.74) is 0.426. The summed E-state index contributed by atoms with van der Waals surface area (Å²) in [6.45, 7) is 1.17. The fourth-order valence-electron chi connectivity index (χ4n) is 3.75. The van der Waals surface area contributed by atoms with Crippen LogP contribution >= 0.6 is 0 Å². The molecule has 3 rings (SSSR count). The zero-order valence-electron chi connectivity index (χ0n) is 18.8. The highest BCUT2D eigenvalue weighted by molar-refractivity contribution is 7.92. The van der Waals surface area contributed by atoms with E-state index < -0.39 is 20.0 Å². The molecule has 1 aliphatic rings. The Morgan fingerprint density at radius 2 is 1.55 bits per heavy atom. The highest BCUT2D eigenvalue weighted by Gasteiger charge is 2.30. The van der Waals surface area contributed by atoms with E-state index >= 15 is 0 Å². The van der Waals surface area contributed by atoms with Crippen LogP contribution < -0.4 is 9.04 Å². The Morgan fingerprint density at radius 1 is 0.939 bits per heavy atom. The third-order valence-electron chi connectivity index (χ3n) is 5.48. The van der Waals surface area contributed by atoms with Crippen molar-refractivity contribution in [2.24, 2.45) is 0 Å². The number of carbonyl (C=O) groups excluding carboxylic acids is 1. The number of methoxy groups -OCH3 is 1. The molecule has 1 saturated heterocycles. The van der Waals surface area contributed by atoms with Crippen molar-refractivity contribution in [2.75, 3.05) is 50.4 Å². The summed E-state index contributed by atoms with van der Waals surface area (Å²) < 4.78 is 58.1. The van der Waals surface area contributed by atoms with Crippen LogP contribution in [0, 0.1) is 0 Å². The van der Waals surface area contributed by atoms with Gasteiger partial charge in [-0.2, -0.15) is 4.31 Å². The topological polar surface area (TPSA) is 104 Å². The van der Waals surface area contributed by atoms with E-state index in [9.17, 15) is 21.6 Å². The monoisotopic (exact) mass is 495 g/mol. The quantitative estimate of drug-likeness (QED) is 0.525. The minimum atomic E-state index is -3.58. The normalized spacial score (nSPS) is 15.3. The maximum Gasteiger partial charge on any atom is 0.243 e. The molecule has 2 aromatic carbocycles. The van der Waals surface area contributed by atoms with Crippen molar-refractivity contribution in [1.82, 2.24) is 9.21 Å². The van der Waals surface area contributed by atoms with E-state index in [1.54, 1.807) is 59.5 Å². The number of amides is 1. The van der Waals surface area contributed by atoms with Gasteiger partial charge in [-0.1, -0.05) is 30.3 Å². The van der Waals surface area contributed by atoms with Crippen LogP contribution in [0.15, 0.2) is 59.5 Å². The summed E-state index contributed by atoms with van der Waals surface area (Å²) in [6, 6.07) is 15.1. The molecule has 33 heavy (non-hydrogen) atoms. The van der Waals surface area contributed by atoms with Gasteiger partial charge in [0.2, 0.25) is 26.0 Å². The summed E-state index contributed by atoms with van der Waals surface area (Å²) in [6.07, 6.45) is 1.60. The van der Waals surface area contributed by atoms with Gasteiger partial charge in [0.1, 0.15) is 5.75 Å². The first kappa shape index (κ1) is 25.0. The van der Waals surface area contributed by atoms with Gasteiger partial charge in [-0.15, -0.1) is 0 Å². The van der Waals surface area contributed by atoms with E-state index in [1.807, 2.05) is 0 Å². The molecule has 180 valence electrons. The number of hydrogen-bond donors (Lipinski definition) is 0. The van der Waals surface area contributed by atoms with Crippen molar-refractivity contribution in [3.05, 3.63) is 54.6 Å². The van der Waals surface area contributed by atoms with Crippen LogP contribution in [0.3, 0.4) is 0 Å². The van der Waals surface area contributed by atoms with Crippen molar-refractivity contribution < 1.29 is 26.4 Å². The van der Waals surface area contributed by atoms with E-state index in [-0.39, 0.29) is 36.9 Å². The summed E-state index contributed by atoms with van der Waals surface area (Å²) >= 11 is 0. The Balaban J connectivity index is 1.56. The largest absolute Gasteiger partial charge is 0.495 e. The molecule has 0 bridgehead atoms. The number of carbonyl (C=O) groups is 1. The lowest BCUT2D eigenvalue weighted by atomic mass is 10.2. The van der Waals surface area contributed by atoms with Crippen LogP contribution in [-0.2, 0) is 24.8 Å². The van der Waals surface area contributed by atoms with Gasteiger partial charge in [0, 0.05) is 39.1 Å². The number of ether oxygens (including phenoxy) is 1. The summed E-state index contributed by atoms with van der Waals surface area (Å²) in [5, 5.41) is 0. The molecule has 0 radical (unpaired) electrons. The van der Waals surface area contributed by atoms with Crippen LogP contribution in [-0.4, -0.2) is 78.0 Å². The van der Waals surface area contributed by atoms with Crippen molar-refractivity contribution in [1.29, 1.82) is 0 Å². The van der Waals surface area contributed by atoms with Gasteiger partial charge < -0.3 is 9.64 Å². The molecule has 11 heteroatoms. The molecule has 9 nitrogen and oxygen atoms in total. The second-order valence-electron chi connectivity index (χ2n) is 7.71. The number of rotatable bonds is 9. The number of nitrogens with zero attached hydrogens (tertiary/aromatic N) is 3. The van der Waals surface area contributed by atoms with Crippen molar-refractivity contribution in [3.63, 3.8) is 0 Å². The molecular formula is C22H29N3O6S2. The Bertz CT molecular complexity index is 1160. The van der Waals surface area contributed by atoms with Crippen LogP contribution in [0.5, 0.6) is 5.75 Å². The van der Waals surface area contributed by atoms with Gasteiger partial charge in [0.25, 0.3) is 0 Å². The molecule has 0 aliphatic carbocycles. The molecule has 0 saturated carbocycles. The number of anilines is 1. The maximum atomic E-state index is 12.7. The van der Waals surface area contributed by atoms with Crippen LogP contribution in [0.25, 0.3) is 0 Å². The van der Waals surface area contributed by atoms with E-state index in [0.29, 0.717) is 30.9 Å². The molecule has 2 aromatic rings. The average molecular weight is 496 g/mol. The Labute approximate surface area is 195 Å². The van der Waals surface area contributed by atoms with Gasteiger partial charge >= 0.3 is 0 Å². The van der Waals surface area contributed by atoms with Crippen LogP contribution in [0.4, 0.5) is 5.69 Å². The lowest BCUT2D eigenvalue weighted by Crippen LogP contribution is -2.50. The predicted octanol–water partition coefficient (Wildman–Crippen LogP) is 1.77. The van der Waals surface area contributed by atoms with Crippen molar-refractivity contribution in [2.45, 2.75) is 17.7 Å². The predicted molar refractivity (Wildman–Crippen MR) is 126 cm³/mol. The highest BCUT2D eigenvalue weighted by Crippen LogP contribution is 2.29. The Hall–Kier alpha value is -2.63. The summed E-state index contributed by atoms with van der Waals surface area (Å²) in [4.78, 5) is 14.5. The number of sulfonamides is 2. The number of piperazine rings is 1. The number of para-hydroxylation sites is 2. The first-order valence-corrected chi connectivity index (χ1v) is 13.9. The van der Waals surface area contributed by atoms with E-state index in [2.05, 4.69) is 0 Å². The lowest BCUT2D eigenvalue weighted by Gasteiger charge is -2.34. The lowest BCUT2D eigenvalue weighted by molar-refractivity contribution is -0.132. The van der Waals surface area contributed by atoms with Crippen molar-refractivity contribution >= 4 is 31.6 Å². The molecule has 1 aliphatic heterocycles. The molecule has 0 spiro atoms. The highest BCUT2D eigenvalue weighted by atomic mass is 32.2. The fraction of sp³-hybridized carbons (Fsp3) is 0.409.